The normalized spacial score (nSPS) is 18.3. The molecule has 0 bridgehead atoms. The molecular formula is C16H22ClN3O2S. The van der Waals surface area contributed by atoms with Crippen LogP contribution in [0, 0.1) is 0 Å². The van der Waals surface area contributed by atoms with Crippen molar-refractivity contribution in [2.24, 2.45) is 0 Å². The maximum absolute atomic E-state index is 13.2. The molecule has 1 N–H and O–H groups in total. The van der Waals surface area contributed by atoms with Gasteiger partial charge in [-0.05, 0) is 31.5 Å². The third-order valence-electron chi connectivity index (χ3n) is 4.07. The summed E-state index contributed by atoms with van der Waals surface area (Å²) in [5.74, 6) is 0. The zero-order chi connectivity index (χ0) is 15.6. The Bertz CT molecular complexity index is 756. The van der Waals surface area contributed by atoms with Crippen LogP contribution in [-0.2, 0) is 10.0 Å². The van der Waals surface area contributed by atoms with Gasteiger partial charge in [-0.2, -0.15) is 4.31 Å². The predicted octanol–water partition coefficient (Wildman–Crippen LogP) is 2.42. The average Bonchev–Trinajstić information content (AvgIpc) is 3.05. The van der Waals surface area contributed by atoms with Crippen LogP contribution in [0.25, 0.3) is 10.9 Å². The maximum Gasteiger partial charge on any atom is 0.245 e. The summed E-state index contributed by atoms with van der Waals surface area (Å²) in [6.45, 7) is 4.13. The van der Waals surface area contributed by atoms with Gasteiger partial charge < -0.3 is 5.32 Å². The Labute approximate surface area is 143 Å². The van der Waals surface area contributed by atoms with Gasteiger partial charge in [0.1, 0.15) is 4.90 Å². The van der Waals surface area contributed by atoms with Crippen molar-refractivity contribution in [2.75, 3.05) is 19.6 Å². The average molecular weight is 356 g/mol. The molecule has 1 aliphatic rings. The fourth-order valence-corrected chi connectivity index (χ4v) is 4.93. The molecule has 126 valence electrons. The number of hydrogen-bond donors (Lipinski definition) is 1. The molecule has 1 aromatic carbocycles. The molecule has 0 aliphatic carbocycles. The fourth-order valence-electron chi connectivity index (χ4n) is 3.02. The third-order valence-corrected chi connectivity index (χ3v) is 6.05. The van der Waals surface area contributed by atoms with E-state index in [2.05, 4.69) is 10.3 Å². The lowest BCUT2D eigenvalue weighted by Crippen LogP contribution is -2.42. The molecule has 2 heterocycles. The van der Waals surface area contributed by atoms with E-state index in [0.29, 0.717) is 17.0 Å². The number of aromatic nitrogens is 1. The van der Waals surface area contributed by atoms with Crippen molar-refractivity contribution in [3.05, 3.63) is 36.5 Å². The lowest BCUT2D eigenvalue weighted by Gasteiger charge is -2.27. The van der Waals surface area contributed by atoms with E-state index in [1.54, 1.807) is 22.6 Å². The molecule has 0 saturated carbocycles. The Balaban J connectivity index is 0.00000192. The quantitative estimate of drug-likeness (QED) is 0.894. The van der Waals surface area contributed by atoms with E-state index >= 15 is 0 Å². The first kappa shape index (κ1) is 18.1. The van der Waals surface area contributed by atoms with E-state index in [4.69, 9.17) is 0 Å². The van der Waals surface area contributed by atoms with Gasteiger partial charge in [-0.25, -0.2) is 8.42 Å². The van der Waals surface area contributed by atoms with Crippen LogP contribution in [-0.4, -0.2) is 43.4 Å². The second-order valence-electron chi connectivity index (χ2n) is 5.59. The molecule has 0 spiro atoms. The molecule has 0 radical (unpaired) electrons. The zero-order valence-corrected chi connectivity index (χ0v) is 14.7. The van der Waals surface area contributed by atoms with Crippen LogP contribution in [0.5, 0.6) is 0 Å². The minimum Gasteiger partial charge on any atom is -0.315 e. The van der Waals surface area contributed by atoms with Crippen LogP contribution >= 0.6 is 12.4 Å². The van der Waals surface area contributed by atoms with Gasteiger partial charge >= 0.3 is 0 Å². The second kappa shape index (κ2) is 7.57. The molecule has 1 fully saturated rings. The van der Waals surface area contributed by atoms with Crippen LogP contribution in [0.1, 0.15) is 19.8 Å². The van der Waals surface area contributed by atoms with Gasteiger partial charge in [0.15, 0.2) is 0 Å². The number of rotatable bonds is 5. The van der Waals surface area contributed by atoms with Crippen molar-refractivity contribution in [2.45, 2.75) is 30.7 Å². The Morgan fingerprint density at radius 1 is 1.30 bits per heavy atom. The second-order valence-corrected chi connectivity index (χ2v) is 7.45. The van der Waals surface area contributed by atoms with E-state index in [9.17, 15) is 8.42 Å². The fraction of sp³-hybridized carbons (Fsp3) is 0.438. The standard InChI is InChI=1S/C16H21N3O2S.ClH/c1-2-11-19(14-8-10-17-12-14)22(20,21)15-7-3-5-13-6-4-9-18-16(13)15;/h3-7,9,14,17H,2,8,10-12H2,1H3;1H. The van der Waals surface area contributed by atoms with E-state index in [1.807, 2.05) is 25.1 Å². The van der Waals surface area contributed by atoms with Gasteiger partial charge in [-0.1, -0.05) is 25.1 Å². The molecule has 23 heavy (non-hydrogen) atoms. The molecule has 0 amide bonds. The Morgan fingerprint density at radius 2 is 2.09 bits per heavy atom. The van der Waals surface area contributed by atoms with E-state index < -0.39 is 10.0 Å². The van der Waals surface area contributed by atoms with Crippen molar-refractivity contribution in [1.29, 1.82) is 0 Å². The van der Waals surface area contributed by atoms with Crippen LogP contribution in [0.2, 0.25) is 0 Å². The first-order valence-corrected chi connectivity index (χ1v) is 9.15. The number of pyridine rings is 1. The number of sulfonamides is 1. The SMILES string of the molecule is CCCN(C1CCNC1)S(=O)(=O)c1cccc2cccnc12.Cl. The topological polar surface area (TPSA) is 62.3 Å². The highest BCUT2D eigenvalue weighted by Crippen LogP contribution is 2.26. The first-order chi connectivity index (χ1) is 10.6. The molecule has 1 aliphatic heterocycles. The summed E-state index contributed by atoms with van der Waals surface area (Å²) in [6.07, 6.45) is 3.30. The van der Waals surface area contributed by atoms with E-state index in [0.717, 1.165) is 31.3 Å². The lowest BCUT2D eigenvalue weighted by atomic mass is 10.2. The van der Waals surface area contributed by atoms with Crippen molar-refractivity contribution in [3.63, 3.8) is 0 Å². The Hall–Kier alpha value is -1.21. The van der Waals surface area contributed by atoms with Crippen molar-refractivity contribution < 1.29 is 8.42 Å². The largest absolute Gasteiger partial charge is 0.315 e. The third kappa shape index (κ3) is 3.50. The number of hydrogen-bond acceptors (Lipinski definition) is 4. The van der Waals surface area contributed by atoms with Crippen molar-refractivity contribution in [3.8, 4) is 0 Å². The highest BCUT2D eigenvalue weighted by molar-refractivity contribution is 7.89. The minimum absolute atomic E-state index is 0. The summed E-state index contributed by atoms with van der Waals surface area (Å²) in [4.78, 5) is 4.61. The van der Waals surface area contributed by atoms with Gasteiger partial charge in [0.05, 0.1) is 5.52 Å². The highest BCUT2D eigenvalue weighted by atomic mass is 35.5. The summed E-state index contributed by atoms with van der Waals surface area (Å²) >= 11 is 0. The number of nitrogens with zero attached hydrogens (tertiary/aromatic N) is 2. The summed E-state index contributed by atoms with van der Waals surface area (Å²) in [5.41, 5.74) is 0.553. The summed E-state index contributed by atoms with van der Waals surface area (Å²) < 4.78 is 28.0. The summed E-state index contributed by atoms with van der Waals surface area (Å²) in [7, 11) is -3.54. The Kier molecular flexibility index (Phi) is 5.97. The van der Waals surface area contributed by atoms with E-state index in [1.165, 1.54) is 0 Å². The summed E-state index contributed by atoms with van der Waals surface area (Å²) in [5, 5.41) is 4.10. The molecule has 1 atom stereocenters. The first-order valence-electron chi connectivity index (χ1n) is 7.71. The molecule has 1 unspecified atom stereocenters. The van der Waals surface area contributed by atoms with Crippen molar-refractivity contribution >= 4 is 33.3 Å². The van der Waals surface area contributed by atoms with Crippen LogP contribution in [0.4, 0.5) is 0 Å². The summed E-state index contributed by atoms with van der Waals surface area (Å²) in [6, 6.07) is 9.09. The minimum atomic E-state index is -3.54. The smallest absolute Gasteiger partial charge is 0.245 e. The molecule has 5 nitrogen and oxygen atoms in total. The van der Waals surface area contributed by atoms with Crippen LogP contribution in [0.3, 0.4) is 0 Å². The van der Waals surface area contributed by atoms with Crippen molar-refractivity contribution in [1.82, 2.24) is 14.6 Å². The predicted molar refractivity (Wildman–Crippen MR) is 94.4 cm³/mol. The van der Waals surface area contributed by atoms with Crippen LogP contribution in [0.15, 0.2) is 41.4 Å². The molecule has 7 heteroatoms. The van der Waals surface area contributed by atoms with E-state index in [-0.39, 0.29) is 18.4 Å². The number of fused-ring (bicyclic) bond motifs is 1. The van der Waals surface area contributed by atoms with Gasteiger partial charge in [-0.3, -0.25) is 4.98 Å². The molecule has 1 aromatic heterocycles. The lowest BCUT2D eigenvalue weighted by molar-refractivity contribution is 0.335. The molecule has 3 rings (SSSR count). The molecule has 1 saturated heterocycles. The number of nitrogens with one attached hydrogen (secondary N) is 1. The monoisotopic (exact) mass is 355 g/mol. The highest BCUT2D eigenvalue weighted by Gasteiger charge is 2.33. The zero-order valence-electron chi connectivity index (χ0n) is 13.1. The maximum atomic E-state index is 13.2. The van der Waals surface area contributed by atoms with Gasteiger partial charge in [-0.15, -0.1) is 12.4 Å². The van der Waals surface area contributed by atoms with Gasteiger partial charge in [0, 0.05) is 30.7 Å². The number of para-hydroxylation sites is 1. The van der Waals surface area contributed by atoms with Crippen LogP contribution < -0.4 is 5.32 Å². The molecular weight excluding hydrogens is 334 g/mol. The number of benzene rings is 1. The molecule has 2 aromatic rings. The van der Waals surface area contributed by atoms with Gasteiger partial charge in [0.2, 0.25) is 10.0 Å². The number of halogens is 1. The Morgan fingerprint density at radius 3 is 2.78 bits per heavy atom. The van der Waals surface area contributed by atoms with Gasteiger partial charge in [0.25, 0.3) is 0 Å².